The second-order valence-electron chi connectivity index (χ2n) is 7.72. The van der Waals surface area contributed by atoms with Gasteiger partial charge in [-0.3, -0.25) is 0 Å². The monoisotopic (exact) mass is 428 g/mol. The molecule has 0 aliphatic heterocycles. The lowest BCUT2D eigenvalue weighted by molar-refractivity contribution is -0.185. The lowest BCUT2D eigenvalue weighted by Crippen LogP contribution is -2.22. The van der Waals surface area contributed by atoms with Gasteiger partial charge in [-0.25, -0.2) is 4.39 Å². The lowest BCUT2D eigenvalue weighted by atomic mass is 9.77. The Kier molecular flexibility index (Phi) is 7.21. The molecule has 1 aliphatic rings. The second kappa shape index (κ2) is 9.67. The van der Waals surface area contributed by atoms with Crippen LogP contribution in [-0.2, 0) is 6.11 Å². The highest BCUT2D eigenvalue weighted by Crippen LogP contribution is 2.39. The summed E-state index contributed by atoms with van der Waals surface area (Å²) < 4.78 is 75.7. The van der Waals surface area contributed by atoms with E-state index in [0.717, 1.165) is 49.3 Å². The molecule has 2 nitrogen and oxygen atoms in total. The fourth-order valence-electron chi connectivity index (χ4n) is 4.09. The molecule has 7 heteroatoms. The number of hydrogen-bond acceptors (Lipinski definition) is 2. The lowest BCUT2D eigenvalue weighted by Gasteiger charge is -2.29. The summed E-state index contributed by atoms with van der Waals surface area (Å²) in [6, 6.07) is 8.39. The maximum atomic E-state index is 14.5. The van der Waals surface area contributed by atoms with Gasteiger partial charge >= 0.3 is 12.7 Å². The van der Waals surface area contributed by atoms with Crippen LogP contribution < -0.4 is 9.47 Å². The summed E-state index contributed by atoms with van der Waals surface area (Å²) in [6.45, 7) is -1.03. The van der Waals surface area contributed by atoms with Crippen LogP contribution in [-0.4, -0.2) is 6.61 Å². The molecular weight excluding hydrogens is 403 g/mol. The van der Waals surface area contributed by atoms with Gasteiger partial charge in [0.25, 0.3) is 0 Å². The zero-order valence-corrected chi connectivity index (χ0v) is 16.7. The maximum absolute atomic E-state index is 14.5. The van der Waals surface area contributed by atoms with E-state index in [4.69, 9.17) is 0 Å². The van der Waals surface area contributed by atoms with E-state index in [9.17, 15) is 22.0 Å². The zero-order valence-electron chi connectivity index (χ0n) is 16.7. The van der Waals surface area contributed by atoms with Crippen LogP contribution in [0.1, 0.15) is 62.5 Å². The molecule has 1 aliphatic carbocycles. The predicted molar refractivity (Wildman–Crippen MR) is 104 cm³/mol. The number of rotatable bonds is 8. The Bertz CT molecular complexity index is 815. The Morgan fingerprint density at radius 1 is 1.00 bits per heavy atom. The summed E-state index contributed by atoms with van der Waals surface area (Å²) >= 11 is 0. The van der Waals surface area contributed by atoms with E-state index in [2.05, 4.69) is 16.4 Å². The van der Waals surface area contributed by atoms with Crippen molar-refractivity contribution in [2.75, 3.05) is 0 Å². The Hall–Kier alpha value is -2.31. The van der Waals surface area contributed by atoms with E-state index in [1.807, 2.05) is 0 Å². The fraction of sp³-hybridized carbons (Fsp3) is 0.478. The summed E-state index contributed by atoms with van der Waals surface area (Å²) in [5.74, 6) is -1.30. The molecule has 0 saturated heterocycles. The molecule has 2 aromatic carbocycles. The van der Waals surface area contributed by atoms with Crippen molar-refractivity contribution in [3.05, 3.63) is 59.4 Å². The van der Waals surface area contributed by atoms with Gasteiger partial charge in [-0.2, -0.15) is 17.6 Å². The quantitative estimate of drug-likeness (QED) is 0.403. The van der Waals surface area contributed by atoms with Crippen LogP contribution in [0.15, 0.2) is 42.5 Å². The molecule has 1 saturated carbocycles. The standard InChI is InChI=1S/C23H25F5O2/c1-2-3-15-4-6-16(7-5-15)17-8-10-18(11-9-17)23(27,28)30-19-12-13-21(20(24)14-19)29-22(25)26/h8-16,22H,2-7H2,1H3. The summed E-state index contributed by atoms with van der Waals surface area (Å²) in [4.78, 5) is 0. The third-order valence-electron chi connectivity index (χ3n) is 5.63. The van der Waals surface area contributed by atoms with Crippen molar-refractivity contribution in [2.45, 2.75) is 64.1 Å². The summed E-state index contributed by atoms with van der Waals surface area (Å²) in [7, 11) is 0. The summed E-state index contributed by atoms with van der Waals surface area (Å²) in [5, 5.41) is 0. The number of hydrogen-bond donors (Lipinski definition) is 0. The van der Waals surface area contributed by atoms with Gasteiger partial charge in [0.05, 0.1) is 5.56 Å². The van der Waals surface area contributed by atoms with Gasteiger partial charge < -0.3 is 9.47 Å². The van der Waals surface area contributed by atoms with Crippen molar-refractivity contribution < 1.29 is 31.4 Å². The van der Waals surface area contributed by atoms with Gasteiger partial charge in [-0.15, -0.1) is 0 Å². The Balaban J connectivity index is 1.64. The molecule has 0 aromatic heterocycles. The molecule has 3 rings (SSSR count). The minimum atomic E-state index is -3.70. The molecule has 0 atom stereocenters. The first kappa shape index (κ1) is 22.4. The highest BCUT2D eigenvalue weighted by molar-refractivity contribution is 5.34. The maximum Gasteiger partial charge on any atom is 0.426 e. The third-order valence-corrected chi connectivity index (χ3v) is 5.63. The summed E-state index contributed by atoms with van der Waals surface area (Å²) in [5.41, 5.74) is 0.670. The largest absolute Gasteiger partial charge is 0.432 e. The van der Waals surface area contributed by atoms with Crippen LogP contribution in [0.4, 0.5) is 22.0 Å². The van der Waals surface area contributed by atoms with Gasteiger partial charge in [0.2, 0.25) is 0 Å². The van der Waals surface area contributed by atoms with Gasteiger partial charge in [-0.05, 0) is 67.3 Å². The SMILES string of the molecule is CCCC1CCC(c2ccc(C(F)(F)Oc3ccc(OC(F)F)c(F)c3)cc2)CC1. The average molecular weight is 428 g/mol. The minimum absolute atomic E-state index is 0.362. The van der Waals surface area contributed by atoms with Crippen molar-refractivity contribution in [1.29, 1.82) is 0 Å². The van der Waals surface area contributed by atoms with E-state index in [-0.39, 0.29) is 5.56 Å². The molecule has 0 spiro atoms. The Labute approximate surface area is 173 Å². The third kappa shape index (κ3) is 5.64. The Morgan fingerprint density at radius 3 is 2.23 bits per heavy atom. The van der Waals surface area contributed by atoms with Crippen LogP contribution in [0.2, 0.25) is 0 Å². The summed E-state index contributed by atoms with van der Waals surface area (Å²) in [6.07, 6.45) is 3.17. The van der Waals surface area contributed by atoms with E-state index < -0.39 is 30.0 Å². The number of benzene rings is 2. The van der Waals surface area contributed by atoms with Crippen molar-refractivity contribution in [3.8, 4) is 11.5 Å². The smallest absolute Gasteiger partial charge is 0.426 e. The van der Waals surface area contributed by atoms with Crippen LogP contribution >= 0.6 is 0 Å². The molecule has 2 aromatic rings. The first-order valence-electron chi connectivity index (χ1n) is 10.2. The first-order valence-corrected chi connectivity index (χ1v) is 10.2. The van der Waals surface area contributed by atoms with Crippen LogP contribution in [0, 0.1) is 11.7 Å². The van der Waals surface area contributed by atoms with Gasteiger partial charge in [0, 0.05) is 6.07 Å². The molecule has 0 unspecified atom stereocenters. The van der Waals surface area contributed by atoms with Gasteiger partial charge in [0.15, 0.2) is 11.6 Å². The fourth-order valence-corrected chi connectivity index (χ4v) is 4.09. The van der Waals surface area contributed by atoms with Gasteiger partial charge in [-0.1, -0.05) is 31.9 Å². The minimum Gasteiger partial charge on any atom is -0.432 e. The predicted octanol–water partition coefficient (Wildman–Crippen LogP) is 7.63. The molecule has 1 fully saturated rings. The zero-order chi connectivity index (χ0) is 21.7. The molecule has 0 heterocycles. The molecule has 0 amide bonds. The van der Waals surface area contributed by atoms with Gasteiger partial charge in [0.1, 0.15) is 5.75 Å². The first-order chi connectivity index (χ1) is 14.3. The van der Waals surface area contributed by atoms with E-state index in [1.165, 1.54) is 25.0 Å². The highest BCUT2D eigenvalue weighted by Gasteiger charge is 2.35. The van der Waals surface area contributed by atoms with Crippen LogP contribution in [0.5, 0.6) is 11.5 Å². The van der Waals surface area contributed by atoms with Crippen LogP contribution in [0.25, 0.3) is 0 Å². The second-order valence-corrected chi connectivity index (χ2v) is 7.72. The molecule has 0 radical (unpaired) electrons. The number of halogens is 5. The van der Waals surface area contributed by atoms with E-state index in [0.29, 0.717) is 12.0 Å². The van der Waals surface area contributed by atoms with Crippen molar-refractivity contribution >= 4 is 0 Å². The molecular formula is C23H25F5O2. The molecule has 0 N–H and O–H groups in total. The van der Waals surface area contributed by atoms with Crippen molar-refractivity contribution in [3.63, 3.8) is 0 Å². The molecule has 30 heavy (non-hydrogen) atoms. The van der Waals surface area contributed by atoms with Crippen molar-refractivity contribution in [1.82, 2.24) is 0 Å². The average Bonchev–Trinajstić information content (AvgIpc) is 2.70. The van der Waals surface area contributed by atoms with Crippen molar-refractivity contribution in [2.24, 2.45) is 5.92 Å². The molecule has 0 bridgehead atoms. The molecule has 164 valence electrons. The van der Waals surface area contributed by atoms with Crippen LogP contribution in [0.3, 0.4) is 0 Å². The Morgan fingerprint density at radius 2 is 1.67 bits per heavy atom. The van der Waals surface area contributed by atoms with E-state index >= 15 is 0 Å². The normalized spacial score (nSPS) is 19.7. The van der Waals surface area contributed by atoms with E-state index in [1.54, 1.807) is 12.1 Å². The number of ether oxygens (including phenoxy) is 2. The number of alkyl halides is 4. The highest BCUT2D eigenvalue weighted by atomic mass is 19.3. The topological polar surface area (TPSA) is 18.5 Å².